The Morgan fingerprint density at radius 1 is 1.00 bits per heavy atom. The monoisotopic (exact) mass is 552 g/mol. The molecule has 0 radical (unpaired) electrons. The van der Waals surface area contributed by atoms with Crippen molar-refractivity contribution in [2.45, 2.75) is 50.9 Å². The Labute approximate surface area is 213 Å². The van der Waals surface area contributed by atoms with E-state index in [9.17, 15) is 45.4 Å². The Bertz CT molecular complexity index is 1130. The van der Waals surface area contributed by atoms with Gasteiger partial charge in [0.2, 0.25) is 5.91 Å². The SMILES string of the molecule is Cc1cc(C(F)(C(F)(F)F)C(F)(F)F)cc(C)c1N(CCC(N)=O)C(=O)c1cccc(NCCC(N)O)c1. The largest absolute Gasteiger partial charge is 0.435 e. The van der Waals surface area contributed by atoms with E-state index >= 15 is 0 Å². The number of primary amides is 1. The van der Waals surface area contributed by atoms with E-state index < -0.39 is 41.6 Å². The molecular formula is C24H27F7N4O3. The summed E-state index contributed by atoms with van der Waals surface area (Å²) in [5.41, 5.74) is 3.02. The zero-order valence-corrected chi connectivity index (χ0v) is 20.4. The lowest BCUT2D eigenvalue weighted by atomic mass is 9.90. The van der Waals surface area contributed by atoms with Gasteiger partial charge in [0.05, 0.1) is 0 Å². The fraction of sp³-hybridized carbons (Fsp3) is 0.417. The second-order valence-electron chi connectivity index (χ2n) is 8.65. The summed E-state index contributed by atoms with van der Waals surface area (Å²) in [4.78, 5) is 25.9. The van der Waals surface area contributed by atoms with E-state index in [0.29, 0.717) is 17.8 Å². The van der Waals surface area contributed by atoms with Crippen molar-refractivity contribution < 1.29 is 45.4 Å². The molecule has 0 saturated carbocycles. The molecule has 6 N–H and O–H groups in total. The van der Waals surface area contributed by atoms with Crippen molar-refractivity contribution in [2.75, 3.05) is 23.3 Å². The van der Waals surface area contributed by atoms with Crippen LogP contribution in [0, 0.1) is 13.8 Å². The van der Waals surface area contributed by atoms with E-state index in [4.69, 9.17) is 11.5 Å². The summed E-state index contributed by atoms with van der Waals surface area (Å²) in [7, 11) is 0. The molecule has 1 unspecified atom stereocenters. The van der Waals surface area contributed by atoms with Crippen LogP contribution in [0.3, 0.4) is 0 Å². The average molecular weight is 552 g/mol. The molecule has 38 heavy (non-hydrogen) atoms. The number of nitrogens with zero attached hydrogens (tertiary/aromatic N) is 1. The third kappa shape index (κ3) is 6.72. The third-order valence-electron chi connectivity index (χ3n) is 5.65. The van der Waals surface area contributed by atoms with Crippen LogP contribution in [0.1, 0.15) is 39.9 Å². The van der Waals surface area contributed by atoms with Crippen LogP contribution in [-0.2, 0) is 10.5 Å². The van der Waals surface area contributed by atoms with E-state index in [-0.39, 0.29) is 48.3 Å². The molecule has 2 aromatic carbocycles. The first-order chi connectivity index (χ1) is 17.4. The summed E-state index contributed by atoms with van der Waals surface area (Å²) in [6, 6.07) is 6.69. The molecule has 0 fully saturated rings. The van der Waals surface area contributed by atoms with E-state index in [2.05, 4.69) is 5.32 Å². The smallest absolute Gasteiger partial charge is 0.385 e. The van der Waals surface area contributed by atoms with Gasteiger partial charge in [0, 0.05) is 48.4 Å². The van der Waals surface area contributed by atoms with Gasteiger partial charge in [-0.3, -0.25) is 9.59 Å². The summed E-state index contributed by atoms with van der Waals surface area (Å²) in [5, 5.41) is 12.1. The number of amides is 2. The summed E-state index contributed by atoms with van der Waals surface area (Å²) >= 11 is 0. The fourth-order valence-corrected chi connectivity index (χ4v) is 3.89. The van der Waals surface area contributed by atoms with Gasteiger partial charge in [-0.05, 0) is 43.2 Å². The highest BCUT2D eigenvalue weighted by molar-refractivity contribution is 6.07. The van der Waals surface area contributed by atoms with Crippen molar-refractivity contribution in [3.63, 3.8) is 0 Å². The lowest BCUT2D eigenvalue weighted by Crippen LogP contribution is -2.50. The number of nitrogens with two attached hydrogens (primary N) is 2. The number of anilines is 2. The maximum absolute atomic E-state index is 14.7. The molecule has 2 aromatic rings. The first-order valence-electron chi connectivity index (χ1n) is 11.2. The molecule has 0 saturated heterocycles. The number of rotatable bonds is 10. The molecule has 210 valence electrons. The molecule has 0 bridgehead atoms. The van der Waals surface area contributed by atoms with Gasteiger partial charge in [-0.2, -0.15) is 26.3 Å². The fourth-order valence-electron chi connectivity index (χ4n) is 3.89. The second kappa shape index (κ2) is 11.6. The Morgan fingerprint density at radius 2 is 1.55 bits per heavy atom. The van der Waals surface area contributed by atoms with Crippen LogP contribution in [-0.4, -0.2) is 48.6 Å². The predicted molar refractivity (Wildman–Crippen MR) is 126 cm³/mol. The first-order valence-corrected chi connectivity index (χ1v) is 11.2. The van der Waals surface area contributed by atoms with Gasteiger partial charge in [-0.15, -0.1) is 0 Å². The number of aliphatic hydroxyl groups excluding tert-OH is 1. The summed E-state index contributed by atoms with van der Waals surface area (Å²) in [6.07, 6.45) is -13.9. The molecule has 7 nitrogen and oxygen atoms in total. The lowest BCUT2D eigenvalue weighted by molar-refractivity contribution is -0.348. The Morgan fingerprint density at radius 3 is 2.03 bits per heavy atom. The molecule has 1 atom stereocenters. The maximum Gasteiger partial charge on any atom is 0.435 e. The number of alkyl halides is 7. The standard InChI is InChI=1S/C24H27F7N4O3/c1-13-10-16(22(25,23(26,27)28)24(29,30)31)11-14(2)20(13)35(9-7-19(33)37)21(38)15-4-3-5-17(12-15)34-8-6-18(32)36/h3-5,10-12,18,34,36H,6-9,32H2,1-2H3,(H2,33,37). The summed E-state index contributed by atoms with van der Waals surface area (Å²) in [5.74, 6) is -1.56. The third-order valence-corrected chi connectivity index (χ3v) is 5.65. The molecule has 0 spiro atoms. The van der Waals surface area contributed by atoms with Crippen molar-refractivity contribution in [3.8, 4) is 0 Å². The molecule has 0 aliphatic heterocycles. The number of hydrogen-bond acceptors (Lipinski definition) is 5. The number of halogens is 7. The average Bonchev–Trinajstić information content (AvgIpc) is 2.78. The van der Waals surface area contributed by atoms with Gasteiger partial charge in [-0.25, -0.2) is 4.39 Å². The zero-order valence-electron chi connectivity index (χ0n) is 20.4. The lowest BCUT2D eigenvalue weighted by Gasteiger charge is -2.32. The molecule has 2 rings (SSSR count). The van der Waals surface area contributed by atoms with Crippen molar-refractivity contribution in [1.29, 1.82) is 0 Å². The van der Waals surface area contributed by atoms with Gasteiger partial charge in [0.15, 0.2) is 0 Å². The number of carbonyl (C=O) groups excluding carboxylic acids is 2. The highest BCUT2D eigenvalue weighted by atomic mass is 19.4. The van der Waals surface area contributed by atoms with Crippen LogP contribution in [0.25, 0.3) is 0 Å². The number of nitrogens with one attached hydrogen (secondary N) is 1. The number of aliphatic hydroxyl groups is 1. The molecule has 0 heterocycles. The minimum Gasteiger partial charge on any atom is -0.385 e. The number of aryl methyl sites for hydroxylation is 2. The normalized spacial score (nSPS) is 13.2. The van der Waals surface area contributed by atoms with Crippen molar-refractivity contribution in [1.82, 2.24) is 0 Å². The van der Waals surface area contributed by atoms with Crippen LogP contribution in [0.15, 0.2) is 36.4 Å². The Balaban J connectivity index is 2.58. The topological polar surface area (TPSA) is 122 Å². The van der Waals surface area contributed by atoms with Crippen LogP contribution in [0.5, 0.6) is 0 Å². The van der Waals surface area contributed by atoms with Gasteiger partial charge in [-0.1, -0.05) is 18.2 Å². The quantitative estimate of drug-likeness (QED) is 0.260. The molecule has 14 heteroatoms. The number of hydrogen-bond donors (Lipinski definition) is 4. The predicted octanol–water partition coefficient (Wildman–Crippen LogP) is 4.19. The van der Waals surface area contributed by atoms with Crippen LogP contribution in [0.4, 0.5) is 42.1 Å². The Hall–Kier alpha value is -3.39. The van der Waals surface area contributed by atoms with Gasteiger partial charge < -0.3 is 26.8 Å². The van der Waals surface area contributed by atoms with Crippen molar-refractivity contribution in [2.24, 2.45) is 11.5 Å². The minimum atomic E-state index is -6.31. The van der Waals surface area contributed by atoms with Crippen LogP contribution < -0.4 is 21.7 Å². The minimum absolute atomic E-state index is 0.0565. The summed E-state index contributed by atoms with van der Waals surface area (Å²) in [6.45, 7) is 2.15. The number of benzene rings is 2. The van der Waals surface area contributed by atoms with E-state index in [1.165, 1.54) is 18.2 Å². The highest BCUT2D eigenvalue weighted by Crippen LogP contribution is 2.54. The number of carbonyl (C=O) groups is 2. The van der Waals surface area contributed by atoms with Crippen LogP contribution >= 0.6 is 0 Å². The van der Waals surface area contributed by atoms with E-state index in [1.54, 1.807) is 6.07 Å². The molecule has 0 aliphatic rings. The summed E-state index contributed by atoms with van der Waals surface area (Å²) < 4.78 is 94.5. The van der Waals surface area contributed by atoms with E-state index in [1.807, 2.05) is 0 Å². The maximum atomic E-state index is 14.7. The zero-order chi connectivity index (χ0) is 29.1. The molecule has 0 aliphatic carbocycles. The van der Waals surface area contributed by atoms with Gasteiger partial charge >= 0.3 is 18.0 Å². The molecule has 0 aromatic heterocycles. The molecule has 2 amide bonds. The van der Waals surface area contributed by atoms with Gasteiger partial charge in [0.25, 0.3) is 5.91 Å². The van der Waals surface area contributed by atoms with Crippen LogP contribution in [0.2, 0.25) is 0 Å². The molecular weight excluding hydrogens is 525 g/mol. The van der Waals surface area contributed by atoms with E-state index in [0.717, 1.165) is 18.7 Å². The first kappa shape index (κ1) is 30.8. The highest BCUT2D eigenvalue weighted by Gasteiger charge is 2.73. The van der Waals surface area contributed by atoms with Gasteiger partial charge in [0.1, 0.15) is 6.23 Å². The Kier molecular flexibility index (Phi) is 9.38. The van der Waals surface area contributed by atoms with Crippen molar-refractivity contribution in [3.05, 3.63) is 58.7 Å². The second-order valence-corrected chi connectivity index (χ2v) is 8.65. The van der Waals surface area contributed by atoms with Crippen molar-refractivity contribution >= 4 is 23.2 Å².